The minimum Gasteiger partial charge on any atom is -0.372 e. The highest BCUT2D eigenvalue weighted by Crippen LogP contribution is 1.93. The predicted octanol–water partition coefficient (Wildman–Crippen LogP) is 1.68. The van der Waals surface area contributed by atoms with Crippen LogP contribution in [0.15, 0.2) is 0 Å². The van der Waals surface area contributed by atoms with Crippen LogP contribution in [0.5, 0.6) is 0 Å². The third-order valence-electron chi connectivity index (χ3n) is 0.963. The maximum Gasteiger partial charge on any atom is 0.0773 e. The van der Waals surface area contributed by atoms with E-state index >= 15 is 0 Å². The standard InChI is InChI=1S/C6H13NS/c1-4-5-6(8)7(2)3/h4-5H2,1-3H3. The summed E-state index contributed by atoms with van der Waals surface area (Å²) in [7, 11) is 3.97. The van der Waals surface area contributed by atoms with Crippen LogP contribution in [0.1, 0.15) is 19.8 Å². The van der Waals surface area contributed by atoms with Gasteiger partial charge in [-0.2, -0.15) is 0 Å². The largest absolute Gasteiger partial charge is 0.372 e. The predicted molar refractivity (Wildman–Crippen MR) is 41.2 cm³/mol. The molecule has 48 valence electrons. The van der Waals surface area contributed by atoms with Crippen molar-refractivity contribution in [2.75, 3.05) is 14.1 Å². The Balaban J connectivity index is 3.33. The van der Waals surface area contributed by atoms with Gasteiger partial charge in [0.25, 0.3) is 0 Å². The Bertz CT molecular complexity index is 78.6. The number of hydrogen-bond donors (Lipinski definition) is 0. The second kappa shape index (κ2) is 3.84. The highest BCUT2D eigenvalue weighted by atomic mass is 32.1. The van der Waals surface area contributed by atoms with Crippen LogP contribution >= 0.6 is 12.2 Å². The quantitative estimate of drug-likeness (QED) is 0.524. The summed E-state index contributed by atoms with van der Waals surface area (Å²) in [4.78, 5) is 3.03. The van der Waals surface area contributed by atoms with E-state index in [9.17, 15) is 0 Å². The first kappa shape index (κ1) is 7.89. The summed E-state index contributed by atoms with van der Waals surface area (Å²) in [6, 6.07) is 0. The van der Waals surface area contributed by atoms with E-state index < -0.39 is 0 Å². The lowest BCUT2D eigenvalue weighted by atomic mass is 10.3. The molecule has 0 amide bonds. The van der Waals surface area contributed by atoms with E-state index in [4.69, 9.17) is 12.2 Å². The highest BCUT2D eigenvalue weighted by molar-refractivity contribution is 7.80. The lowest BCUT2D eigenvalue weighted by Gasteiger charge is -2.11. The molecule has 0 aromatic rings. The molecule has 0 aromatic heterocycles. The van der Waals surface area contributed by atoms with Gasteiger partial charge in [0.05, 0.1) is 4.99 Å². The molecule has 0 atom stereocenters. The maximum atomic E-state index is 5.00. The summed E-state index contributed by atoms with van der Waals surface area (Å²) in [5, 5.41) is 0. The fraction of sp³-hybridized carbons (Fsp3) is 0.833. The van der Waals surface area contributed by atoms with Crippen molar-refractivity contribution in [3.8, 4) is 0 Å². The molecule has 0 aromatic carbocycles. The molecule has 0 aliphatic carbocycles. The third-order valence-corrected chi connectivity index (χ3v) is 1.53. The van der Waals surface area contributed by atoms with E-state index in [1.165, 1.54) is 0 Å². The molecule has 0 unspecified atom stereocenters. The Hall–Kier alpha value is -0.110. The van der Waals surface area contributed by atoms with Gasteiger partial charge in [-0.3, -0.25) is 0 Å². The average molecular weight is 131 g/mol. The van der Waals surface area contributed by atoms with E-state index in [2.05, 4.69) is 6.92 Å². The van der Waals surface area contributed by atoms with Crippen LogP contribution in [-0.4, -0.2) is 24.0 Å². The number of nitrogens with zero attached hydrogens (tertiary/aromatic N) is 1. The zero-order chi connectivity index (χ0) is 6.57. The highest BCUT2D eigenvalue weighted by Gasteiger charge is 1.93. The number of hydrogen-bond acceptors (Lipinski definition) is 1. The first-order valence-corrected chi connectivity index (χ1v) is 3.29. The zero-order valence-electron chi connectivity index (χ0n) is 5.77. The summed E-state index contributed by atoms with van der Waals surface area (Å²) >= 11 is 5.00. The van der Waals surface area contributed by atoms with Gasteiger partial charge in [-0.25, -0.2) is 0 Å². The summed E-state index contributed by atoms with van der Waals surface area (Å²) in [5.41, 5.74) is 0. The van der Waals surface area contributed by atoms with Gasteiger partial charge in [0.2, 0.25) is 0 Å². The molecule has 0 saturated carbocycles. The Labute approximate surface area is 56.7 Å². The van der Waals surface area contributed by atoms with Crippen molar-refractivity contribution in [1.82, 2.24) is 4.90 Å². The maximum absolute atomic E-state index is 5.00. The lowest BCUT2D eigenvalue weighted by Crippen LogP contribution is -2.18. The van der Waals surface area contributed by atoms with E-state index in [1.807, 2.05) is 19.0 Å². The van der Waals surface area contributed by atoms with Gasteiger partial charge in [-0.15, -0.1) is 0 Å². The fourth-order valence-corrected chi connectivity index (χ4v) is 0.642. The minimum absolute atomic E-state index is 1.04. The molecule has 2 heteroatoms. The molecule has 0 aliphatic heterocycles. The van der Waals surface area contributed by atoms with Crippen LogP contribution in [-0.2, 0) is 0 Å². The molecule has 0 spiro atoms. The van der Waals surface area contributed by atoms with Crippen molar-refractivity contribution in [3.05, 3.63) is 0 Å². The fourth-order valence-electron chi connectivity index (χ4n) is 0.437. The molecule has 0 saturated heterocycles. The summed E-state index contributed by atoms with van der Waals surface area (Å²) in [5.74, 6) is 0. The van der Waals surface area contributed by atoms with Crippen LogP contribution < -0.4 is 0 Å². The van der Waals surface area contributed by atoms with Crippen molar-refractivity contribution in [1.29, 1.82) is 0 Å². The average Bonchev–Trinajstić information content (AvgIpc) is 1.67. The van der Waals surface area contributed by atoms with E-state index in [0.717, 1.165) is 17.8 Å². The molecule has 0 radical (unpaired) electrons. The molecule has 0 fully saturated rings. The van der Waals surface area contributed by atoms with E-state index in [0.29, 0.717) is 0 Å². The van der Waals surface area contributed by atoms with E-state index in [1.54, 1.807) is 0 Å². The Morgan fingerprint density at radius 2 is 2.00 bits per heavy atom. The topological polar surface area (TPSA) is 3.24 Å². The van der Waals surface area contributed by atoms with Gasteiger partial charge < -0.3 is 4.90 Å². The van der Waals surface area contributed by atoms with Crippen LogP contribution in [0.2, 0.25) is 0 Å². The normalized spacial score (nSPS) is 8.88. The smallest absolute Gasteiger partial charge is 0.0773 e. The molecule has 0 heterocycles. The number of rotatable bonds is 2. The number of thiocarbonyl (C=S) groups is 1. The molecule has 0 N–H and O–H groups in total. The molecule has 0 rings (SSSR count). The van der Waals surface area contributed by atoms with Crippen molar-refractivity contribution in [2.45, 2.75) is 19.8 Å². The first-order valence-electron chi connectivity index (χ1n) is 2.88. The Morgan fingerprint density at radius 3 is 2.12 bits per heavy atom. The van der Waals surface area contributed by atoms with Crippen LogP contribution in [0, 0.1) is 0 Å². The Kier molecular flexibility index (Phi) is 3.79. The zero-order valence-corrected chi connectivity index (χ0v) is 6.59. The van der Waals surface area contributed by atoms with Crippen molar-refractivity contribution in [2.24, 2.45) is 0 Å². The molecule has 1 nitrogen and oxygen atoms in total. The third kappa shape index (κ3) is 2.97. The van der Waals surface area contributed by atoms with Crippen molar-refractivity contribution < 1.29 is 0 Å². The Morgan fingerprint density at radius 1 is 1.50 bits per heavy atom. The first-order chi connectivity index (χ1) is 3.68. The molecular formula is C6H13NS. The van der Waals surface area contributed by atoms with Gasteiger partial charge >= 0.3 is 0 Å². The van der Waals surface area contributed by atoms with Gasteiger partial charge in [-0.05, 0) is 12.8 Å². The molecule has 0 bridgehead atoms. The second-order valence-electron chi connectivity index (χ2n) is 2.04. The summed E-state index contributed by atoms with van der Waals surface area (Å²) < 4.78 is 0. The van der Waals surface area contributed by atoms with Crippen molar-refractivity contribution in [3.63, 3.8) is 0 Å². The summed E-state index contributed by atoms with van der Waals surface area (Å²) in [6.45, 7) is 2.13. The lowest BCUT2D eigenvalue weighted by molar-refractivity contribution is 0.615. The summed E-state index contributed by atoms with van der Waals surface area (Å²) in [6.07, 6.45) is 2.19. The van der Waals surface area contributed by atoms with Crippen LogP contribution in [0.4, 0.5) is 0 Å². The SMILES string of the molecule is CCCC(=S)N(C)C. The molecule has 0 aliphatic rings. The monoisotopic (exact) mass is 131 g/mol. The van der Waals surface area contributed by atoms with Crippen LogP contribution in [0.25, 0.3) is 0 Å². The molecule has 8 heavy (non-hydrogen) atoms. The van der Waals surface area contributed by atoms with Crippen LogP contribution in [0.3, 0.4) is 0 Å². The van der Waals surface area contributed by atoms with Crippen molar-refractivity contribution >= 4 is 17.2 Å². The van der Waals surface area contributed by atoms with Gasteiger partial charge in [-0.1, -0.05) is 19.1 Å². The minimum atomic E-state index is 1.04. The van der Waals surface area contributed by atoms with Gasteiger partial charge in [0, 0.05) is 14.1 Å². The van der Waals surface area contributed by atoms with Gasteiger partial charge in [0.15, 0.2) is 0 Å². The van der Waals surface area contributed by atoms with Gasteiger partial charge in [0.1, 0.15) is 0 Å². The van der Waals surface area contributed by atoms with E-state index in [-0.39, 0.29) is 0 Å². The second-order valence-corrected chi connectivity index (χ2v) is 2.51. The molecular weight excluding hydrogens is 118 g/mol.